The third-order valence-corrected chi connectivity index (χ3v) is 3.36. The molecule has 18 heavy (non-hydrogen) atoms. The molecule has 0 unspecified atom stereocenters. The van der Waals surface area contributed by atoms with Gasteiger partial charge in [0.25, 0.3) is 0 Å². The Kier molecular flexibility index (Phi) is 4.45. The van der Waals surface area contributed by atoms with Gasteiger partial charge >= 0.3 is 0 Å². The summed E-state index contributed by atoms with van der Waals surface area (Å²) in [6, 6.07) is 4.93. The predicted octanol–water partition coefficient (Wildman–Crippen LogP) is 2.00. The third-order valence-electron chi connectivity index (χ3n) is 2.80. The molecule has 1 aliphatic heterocycles. The van der Waals surface area contributed by atoms with Crippen LogP contribution in [0.3, 0.4) is 0 Å². The molecule has 0 aromatic heterocycles. The van der Waals surface area contributed by atoms with Gasteiger partial charge in [-0.1, -0.05) is 23.2 Å². The van der Waals surface area contributed by atoms with Crippen LogP contribution >= 0.6 is 23.2 Å². The second-order valence-corrected chi connectivity index (χ2v) is 5.18. The first-order chi connectivity index (χ1) is 8.54. The molecule has 0 bridgehead atoms. The van der Waals surface area contributed by atoms with Crippen molar-refractivity contribution in [3.05, 3.63) is 28.2 Å². The molecule has 0 saturated carbocycles. The van der Waals surface area contributed by atoms with Crippen molar-refractivity contribution in [3.63, 3.8) is 0 Å². The van der Waals surface area contributed by atoms with Crippen LogP contribution in [0.5, 0.6) is 0 Å². The Balaban J connectivity index is 1.81. The molecule has 2 N–H and O–H groups in total. The predicted molar refractivity (Wildman–Crippen MR) is 72.2 cm³/mol. The molecule has 0 atom stereocenters. The van der Waals surface area contributed by atoms with Gasteiger partial charge in [0.05, 0.1) is 16.8 Å². The second-order valence-electron chi connectivity index (χ2n) is 4.34. The van der Waals surface area contributed by atoms with E-state index in [9.17, 15) is 4.79 Å². The highest BCUT2D eigenvalue weighted by Gasteiger charge is 2.24. The molecule has 1 saturated heterocycles. The van der Waals surface area contributed by atoms with Gasteiger partial charge in [0.15, 0.2) is 0 Å². The van der Waals surface area contributed by atoms with E-state index in [0.29, 0.717) is 41.8 Å². The van der Waals surface area contributed by atoms with Crippen LogP contribution in [0, 0.1) is 0 Å². The molecule has 6 heteroatoms. The molecule has 0 spiro atoms. The number of anilines is 1. The van der Waals surface area contributed by atoms with Gasteiger partial charge in [-0.3, -0.25) is 9.69 Å². The average molecular weight is 289 g/mol. The van der Waals surface area contributed by atoms with Crippen LogP contribution in [0.4, 0.5) is 5.69 Å². The highest BCUT2D eigenvalue weighted by Crippen LogP contribution is 2.25. The zero-order chi connectivity index (χ0) is 13.1. The summed E-state index contributed by atoms with van der Waals surface area (Å²) in [5.41, 5.74) is 0.526. The topological polar surface area (TPSA) is 52.6 Å². The van der Waals surface area contributed by atoms with Crippen LogP contribution in [-0.4, -0.2) is 41.7 Å². The van der Waals surface area contributed by atoms with E-state index in [1.807, 2.05) is 4.90 Å². The SMILES string of the molecule is O=C(CCN1CC(O)C1)Nc1cc(Cl)ccc1Cl. The number of aliphatic hydroxyl groups excluding tert-OH is 1. The summed E-state index contributed by atoms with van der Waals surface area (Å²) >= 11 is 11.8. The molecule has 1 amide bonds. The van der Waals surface area contributed by atoms with Crippen LogP contribution in [0.15, 0.2) is 18.2 Å². The molecular formula is C12H14Cl2N2O2. The standard InChI is InChI=1S/C12H14Cl2N2O2/c13-8-1-2-10(14)11(5-8)15-12(18)3-4-16-6-9(17)7-16/h1-2,5,9,17H,3-4,6-7H2,(H,15,18). The molecule has 98 valence electrons. The lowest BCUT2D eigenvalue weighted by molar-refractivity contribution is -0.117. The number of nitrogens with one attached hydrogen (secondary N) is 1. The summed E-state index contributed by atoms with van der Waals surface area (Å²) < 4.78 is 0. The number of rotatable bonds is 4. The molecule has 1 aromatic rings. The number of hydrogen-bond acceptors (Lipinski definition) is 3. The lowest BCUT2D eigenvalue weighted by Gasteiger charge is -2.35. The molecule has 1 aromatic carbocycles. The van der Waals surface area contributed by atoms with Gasteiger partial charge in [0.1, 0.15) is 0 Å². The van der Waals surface area contributed by atoms with Gasteiger partial charge in [-0.05, 0) is 18.2 Å². The number of hydrogen-bond donors (Lipinski definition) is 2. The van der Waals surface area contributed by atoms with Gasteiger partial charge in [-0.25, -0.2) is 0 Å². The van der Waals surface area contributed by atoms with Gasteiger partial charge < -0.3 is 10.4 Å². The first kappa shape index (κ1) is 13.6. The van der Waals surface area contributed by atoms with E-state index in [2.05, 4.69) is 5.32 Å². The van der Waals surface area contributed by atoms with Crippen LogP contribution in [0.2, 0.25) is 10.0 Å². The number of halogens is 2. The fourth-order valence-electron chi connectivity index (χ4n) is 1.79. The molecule has 1 heterocycles. The van der Waals surface area contributed by atoms with E-state index in [-0.39, 0.29) is 12.0 Å². The summed E-state index contributed by atoms with van der Waals surface area (Å²) in [5, 5.41) is 12.8. The third kappa shape index (κ3) is 3.59. The Bertz CT molecular complexity index is 448. The number of carbonyl (C=O) groups excluding carboxylic acids is 1. The first-order valence-electron chi connectivity index (χ1n) is 5.70. The van der Waals surface area contributed by atoms with Gasteiger partial charge in [-0.15, -0.1) is 0 Å². The van der Waals surface area contributed by atoms with Crippen LogP contribution in [0.1, 0.15) is 6.42 Å². The van der Waals surface area contributed by atoms with Crippen molar-refractivity contribution in [1.29, 1.82) is 0 Å². The van der Waals surface area contributed by atoms with E-state index < -0.39 is 0 Å². The Hall–Kier alpha value is -0.810. The Labute approximate surface area is 115 Å². The summed E-state index contributed by atoms with van der Waals surface area (Å²) in [6.45, 7) is 1.93. The van der Waals surface area contributed by atoms with Crippen molar-refractivity contribution < 1.29 is 9.90 Å². The summed E-state index contributed by atoms with van der Waals surface area (Å²) in [7, 11) is 0. The van der Waals surface area contributed by atoms with Crippen LogP contribution < -0.4 is 5.32 Å². The maximum absolute atomic E-state index is 11.7. The summed E-state index contributed by atoms with van der Waals surface area (Å²) in [5.74, 6) is -0.111. The molecule has 2 rings (SSSR count). The highest BCUT2D eigenvalue weighted by molar-refractivity contribution is 6.35. The minimum Gasteiger partial charge on any atom is -0.390 e. The fraction of sp³-hybridized carbons (Fsp3) is 0.417. The quantitative estimate of drug-likeness (QED) is 0.891. The fourth-order valence-corrected chi connectivity index (χ4v) is 2.13. The smallest absolute Gasteiger partial charge is 0.225 e. The van der Waals surface area contributed by atoms with E-state index in [4.69, 9.17) is 28.3 Å². The largest absolute Gasteiger partial charge is 0.390 e. The van der Waals surface area contributed by atoms with Gasteiger partial charge in [-0.2, -0.15) is 0 Å². The number of benzene rings is 1. The molecule has 0 radical (unpaired) electrons. The van der Waals surface area contributed by atoms with E-state index in [1.165, 1.54) is 0 Å². The Morgan fingerprint density at radius 1 is 1.44 bits per heavy atom. The number of likely N-dealkylation sites (tertiary alicyclic amines) is 1. The number of carbonyl (C=O) groups is 1. The molecule has 0 aliphatic carbocycles. The summed E-state index contributed by atoms with van der Waals surface area (Å²) in [4.78, 5) is 13.7. The normalized spacial score (nSPS) is 16.4. The molecule has 1 fully saturated rings. The maximum atomic E-state index is 11.7. The van der Waals surface area contributed by atoms with E-state index in [1.54, 1.807) is 18.2 Å². The number of aliphatic hydroxyl groups is 1. The lowest BCUT2D eigenvalue weighted by Crippen LogP contribution is -2.51. The Morgan fingerprint density at radius 2 is 2.17 bits per heavy atom. The summed E-state index contributed by atoms with van der Waals surface area (Å²) in [6.07, 6.45) is 0.130. The van der Waals surface area contributed by atoms with Gasteiger partial charge in [0, 0.05) is 31.1 Å². The van der Waals surface area contributed by atoms with Crippen molar-refractivity contribution in [2.24, 2.45) is 0 Å². The number of amides is 1. The van der Waals surface area contributed by atoms with Crippen LogP contribution in [0.25, 0.3) is 0 Å². The first-order valence-corrected chi connectivity index (χ1v) is 6.45. The number of β-amino-alcohol motifs (C(OH)–C–C–N with tert-alkyl or cyclic N) is 1. The van der Waals surface area contributed by atoms with Crippen molar-refractivity contribution >= 4 is 34.8 Å². The minimum atomic E-state index is -0.240. The highest BCUT2D eigenvalue weighted by atomic mass is 35.5. The zero-order valence-electron chi connectivity index (χ0n) is 9.70. The lowest BCUT2D eigenvalue weighted by atomic mass is 10.1. The minimum absolute atomic E-state index is 0.111. The Morgan fingerprint density at radius 3 is 2.83 bits per heavy atom. The average Bonchev–Trinajstić information content (AvgIpc) is 2.28. The molecule has 4 nitrogen and oxygen atoms in total. The van der Waals surface area contributed by atoms with Crippen molar-refractivity contribution in [2.75, 3.05) is 25.0 Å². The van der Waals surface area contributed by atoms with Crippen molar-refractivity contribution in [1.82, 2.24) is 4.90 Å². The maximum Gasteiger partial charge on any atom is 0.225 e. The van der Waals surface area contributed by atoms with Crippen LogP contribution in [-0.2, 0) is 4.79 Å². The zero-order valence-corrected chi connectivity index (χ0v) is 11.2. The van der Waals surface area contributed by atoms with Crippen molar-refractivity contribution in [3.8, 4) is 0 Å². The monoisotopic (exact) mass is 288 g/mol. The van der Waals surface area contributed by atoms with Gasteiger partial charge in [0.2, 0.25) is 5.91 Å². The van der Waals surface area contributed by atoms with E-state index in [0.717, 1.165) is 0 Å². The van der Waals surface area contributed by atoms with E-state index >= 15 is 0 Å². The second kappa shape index (κ2) is 5.89. The van der Waals surface area contributed by atoms with Crippen molar-refractivity contribution in [2.45, 2.75) is 12.5 Å². The molecule has 1 aliphatic rings. The number of nitrogens with zero attached hydrogens (tertiary/aromatic N) is 1. The molecular weight excluding hydrogens is 275 g/mol.